The fourth-order valence-electron chi connectivity index (χ4n) is 3.68. The molecule has 4 rings (SSSR count). The van der Waals surface area contributed by atoms with Gasteiger partial charge in [-0.3, -0.25) is 9.63 Å². The normalized spacial score (nSPS) is 23.3. The van der Waals surface area contributed by atoms with Crippen LogP contribution in [0.5, 0.6) is 0 Å². The molecule has 2 saturated heterocycles. The molecule has 164 valence electrons. The highest BCUT2D eigenvalue weighted by molar-refractivity contribution is 9.10. The lowest BCUT2D eigenvalue weighted by molar-refractivity contribution is -0.124. The van der Waals surface area contributed by atoms with Gasteiger partial charge in [-0.15, -0.1) is 0 Å². The Hall–Kier alpha value is -1.95. The number of thiocarbonyl (C=S) groups is 1. The minimum atomic E-state index is -2.58. The molecular weight excluding hydrogens is 516 g/mol. The molecule has 1 aromatic heterocycles. The molecule has 2 aromatic rings. The van der Waals surface area contributed by atoms with E-state index in [0.717, 1.165) is 0 Å². The topological polar surface area (TPSA) is 79.4 Å². The first-order valence-corrected chi connectivity index (χ1v) is 10.9. The number of carbonyl (C=O) groups is 1. The number of alkyl halides is 2. The Balaban J connectivity index is 1.50. The molecule has 2 atom stereocenters. The zero-order valence-corrected chi connectivity index (χ0v) is 19.1. The maximum atomic E-state index is 14.2. The first-order valence-electron chi connectivity index (χ1n) is 9.33. The van der Waals surface area contributed by atoms with E-state index in [1.165, 1.54) is 12.4 Å². The lowest BCUT2D eigenvalue weighted by Crippen LogP contribution is -2.41. The van der Waals surface area contributed by atoms with Gasteiger partial charge in [-0.25, -0.2) is 24.2 Å². The fraction of sp³-hybridized carbons (Fsp3) is 0.368. The number of aromatic nitrogens is 2. The Kier molecular flexibility index (Phi) is 6.38. The molecule has 0 saturated carbocycles. The van der Waals surface area contributed by atoms with Gasteiger partial charge in [0.2, 0.25) is 12.4 Å². The quantitative estimate of drug-likeness (QED) is 0.573. The van der Waals surface area contributed by atoms with Crippen LogP contribution in [0.2, 0.25) is 5.02 Å². The summed E-state index contributed by atoms with van der Waals surface area (Å²) in [6.07, 6.45) is 0.658. The maximum Gasteiger partial charge on any atom is 0.268 e. The molecule has 0 radical (unpaired) electrons. The zero-order chi connectivity index (χ0) is 22.2. The Labute approximate surface area is 195 Å². The van der Waals surface area contributed by atoms with Gasteiger partial charge in [-0.1, -0.05) is 39.7 Å². The summed E-state index contributed by atoms with van der Waals surface area (Å²) in [5, 5.41) is 3.27. The Morgan fingerprint density at radius 3 is 2.74 bits per heavy atom. The molecule has 2 fully saturated rings. The minimum Gasteiger partial charge on any atom is -0.362 e. The summed E-state index contributed by atoms with van der Waals surface area (Å²) in [6, 6.07) is 4.34. The number of hydroxylamine groups is 1. The van der Waals surface area contributed by atoms with Gasteiger partial charge in [-0.05, 0) is 30.2 Å². The predicted octanol–water partition coefficient (Wildman–Crippen LogP) is 3.00. The third-order valence-corrected chi connectivity index (χ3v) is 6.41. The van der Waals surface area contributed by atoms with E-state index in [9.17, 15) is 13.6 Å². The second-order valence-electron chi connectivity index (χ2n) is 7.36. The van der Waals surface area contributed by atoms with Crippen LogP contribution in [0.25, 0.3) is 0 Å². The number of nitrogens with one attached hydrogen (secondary N) is 2. The molecule has 3 heterocycles. The average Bonchev–Trinajstić information content (AvgIpc) is 3.35. The van der Waals surface area contributed by atoms with Crippen LogP contribution >= 0.6 is 39.7 Å². The molecule has 12 heteroatoms. The van der Waals surface area contributed by atoms with Gasteiger partial charge >= 0.3 is 0 Å². The largest absolute Gasteiger partial charge is 0.362 e. The molecule has 31 heavy (non-hydrogen) atoms. The Morgan fingerprint density at radius 1 is 1.39 bits per heavy atom. The van der Waals surface area contributed by atoms with Crippen molar-refractivity contribution in [1.82, 2.24) is 20.8 Å². The van der Waals surface area contributed by atoms with Gasteiger partial charge in [-0.2, -0.15) is 0 Å². The van der Waals surface area contributed by atoms with Crippen molar-refractivity contribution in [2.75, 3.05) is 24.6 Å². The average molecular weight is 533 g/mol. The number of halogens is 4. The van der Waals surface area contributed by atoms with Crippen molar-refractivity contribution in [3.8, 4) is 0 Å². The monoisotopic (exact) mass is 531 g/mol. The molecule has 2 aliphatic rings. The number of carbonyl (C=O) groups excluding carboxylic acids is 1. The van der Waals surface area contributed by atoms with E-state index >= 15 is 0 Å². The number of rotatable bonds is 5. The minimum absolute atomic E-state index is 0.0546. The molecule has 0 bridgehead atoms. The summed E-state index contributed by atoms with van der Waals surface area (Å²) in [4.78, 5) is 27.1. The van der Waals surface area contributed by atoms with Gasteiger partial charge in [0.15, 0.2) is 0 Å². The zero-order valence-electron chi connectivity index (χ0n) is 15.9. The van der Waals surface area contributed by atoms with Gasteiger partial charge in [0, 0.05) is 40.5 Å². The van der Waals surface area contributed by atoms with E-state index in [-0.39, 0.29) is 25.5 Å². The van der Waals surface area contributed by atoms with Gasteiger partial charge in [0.1, 0.15) is 17.6 Å². The number of benzene rings is 1. The van der Waals surface area contributed by atoms with Crippen molar-refractivity contribution in [3.63, 3.8) is 0 Å². The van der Waals surface area contributed by atoms with Gasteiger partial charge < -0.3 is 10.2 Å². The molecule has 2 unspecified atom stereocenters. The van der Waals surface area contributed by atoms with E-state index in [2.05, 4.69) is 36.7 Å². The van der Waals surface area contributed by atoms with Crippen LogP contribution in [0.4, 0.5) is 14.7 Å². The number of anilines is 1. The molecule has 2 N–H and O–H groups in total. The van der Waals surface area contributed by atoms with Crippen LogP contribution < -0.4 is 15.7 Å². The third kappa shape index (κ3) is 4.50. The highest BCUT2D eigenvalue weighted by Crippen LogP contribution is 2.42. The van der Waals surface area contributed by atoms with E-state index in [4.69, 9.17) is 28.7 Å². The maximum absolute atomic E-state index is 14.2. The van der Waals surface area contributed by atoms with E-state index in [1.54, 1.807) is 23.1 Å². The fourth-order valence-corrected chi connectivity index (χ4v) is 4.79. The van der Waals surface area contributed by atoms with Crippen LogP contribution in [0.1, 0.15) is 17.5 Å². The summed E-state index contributed by atoms with van der Waals surface area (Å²) in [7, 11) is 0. The van der Waals surface area contributed by atoms with E-state index < -0.39 is 17.9 Å². The van der Waals surface area contributed by atoms with E-state index in [1.807, 2.05) is 0 Å². The summed E-state index contributed by atoms with van der Waals surface area (Å²) in [5.41, 5.74) is 1.85. The predicted molar refractivity (Wildman–Crippen MR) is 118 cm³/mol. The molecule has 1 aromatic carbocycles. The van der Waals surface area contributed by atoms with E-state index in [0.29, 0.717) is 38.1 Å². The second-order valence-corrected chi connectivity index (χ2v) is 9.12. The highest BCUT2D eigenvalue weighted by Gasteiger charge is 2.48. The summed E-state index contributed by atoms with van der Waals surface area (Å²) >= 11 is 14.7. The van der Waals surface area contributed by atoms with Crippen molar-refractivity contribution in [2.24, 2.45) is 0 Å². The smallest absolute Gasteiger partial charge is 0.268 e. The number of amides is 1. The van der Waals surface area contributed by atoms with Crippen molar-refractivity contribution in [2.45, 2.75) is 24.3 Å². The molecule has 0 aliphatic carbocycles. The molecular formula is C19H17BrClF2N5O2S. The van der Waals surface area contributed by atoms with Crippen LogP contribution in [-0.4, -0.2) is 53.0 Å². The first kappa shape index (κ1) is 22.3. The number of nitrogens with zero attached hydrogens (tertiary/aromatic N) is 3. The molecule has 1 amide bonds. The van der Waals surface area contributed by atoms with Crippen LogP contribution in [0, 0.1) is 0 Å². The standard InChI is InChI=1S/C19H17BrClF2N5O2S/c20-12-3-11(4-13(21)5-12)19(17(22)23)1-2-28(9-19)18-24-6-10(7-25-18)16(31)26-14-8-30-27-15(14)29/h3-7,14,17H,1-2,8-9H2,(H,26,31)(H,27,29). The van der Waals surface area contributed by atoms with Crippen molar-refractivity contribution in [3.05, 3.63) is 51.2 Å². The van der Waals surface area contributed by atoms with Crippen LogP contribution in [-0.2, 0) is 15.0 Å². The van der Waals surface area contributed by atoms with Crippen molar-refractivity contribution in [1.29, 1.82) is 0 Å². The highest BCUT2D eigenvalue weighted by atomic mass is 79.9. The lowest BCUT2D eigenvalue weighted by atomic mass is 9.80. The first-order chi connectivity index (χ1) is 14.8. The molecule has 0 spiro atoms. The van der Waals surface area contributed by atoms with Crippen LogP contribution in [0.15, 0.2) is 35.1 Å². The van der Waals surface area contributed by atoms with Crippen LogP contribution in [0.3, 0.4) is 0 Å². The summed E-state index contributed by atoms with van der Waals surface area (Å²) in [5.74, 6) is 0.0186. The lowest BCUT2D eigenvalue weighted by Gasteiger charge is -2.29. The van der Waals surface area contributed by atoms with Gasteiger partial charge in [0.25, 0.3) is 5.91 Å². The Bertz CT molecular complexity index is 995. The summed E-state index contributed by atoms with van der Waals surface area (Å²) in [6.45, 7) is 0.580. The Morgan fingerprint density at radius 2 is 2.13 bits per heavy atom. The number of hydrogen-bond donors (Lipinski definition) is 2. The molecule has 7 nitrogen and oxygen atoms in total. The van der Waals surface area contributed by atoms with Crippen molar-refractivity contribution < 1.29 is 18.4 Å². The molecule has 2 aliphatic heterocycles. The van der Waals surface area contributed by atoms with Gasteiger partial charge in [0.05, 0.1) is 5.41 Å². The van der Waals surface area contributed by atoms with Crippen molar-refractivity contribution >= 4 is 56.6 Å². The number of hydrogen-bond acceptors (Lipinski definition) is 6. The summed E-state index contributed by atoms with van der Waals surface area (Å²) < 4.78 is 29.1. The third-order valence-electron chi connectivity index (χ3n) is 5.38. The SMILES string of the molecule is O=C1NOCC1NC(=S)c1cnc(N2CCC(c3cc(Cl)cc(Br)c3)(C(F)F)C2)nc1. The second kappa shape index (κ2) is 8.89.